The van der Waals surface area contributed by atoms with Crippen molar-refractivity contribution in [3.8, 4) is 10.6 Å². The molecule has 1 aliphatic heterocycles. The highest BCUT2D eigenvalue weighted by molar-refractivity contribution is 7.13. The minimum absolute atomic E-state index is 0.284. The van der Waals surface area contributed by atoms with E-state index in [1.54, 1.807) is 12.4 Å². The second-order valence-corrected chi connectivity index (χ2v) is 8.64. The molecule has 0 unspecified atom stereocenters. The number of nitrogen functional groups attached to an aromatic ring is 1. The first-order chi connectivity index (χ1) is 15.4. The Labute approximate surface area is 190 Å². The van der Waals surface area contributed by atoms with Crippen LogP contribution in [0.25, 0.3) is 10.6 Å². The van der Waals surface area contributed by atoms with Gasteiger partial charge in [0, 0.05) is 29.7 Å². The summed E-state index contributed by atoms with van der Waals surface area (Å²) in [6.07, 6.45) is 1.18. The van der Waals surface area contributed by atoms with Crippen LogP contribution in [0.5, 0.6) is 0 Å². The number of para-hydroxylation sites is 3. The molecule has 6 N–H and O–H groups in total. The predicted molar refractivity (Wildman–Crippen MR) is 129 cm³/mol. The van der Waals surface area contributed by atoms with Gasteiger partial charge < -0.3 is 27.0 Å². The van der Waals surface area contributed by atoms with E-state index in [1.807, 2.05) is 48.5 Å². The van der Waals surface area contributed by atoms with Gasteiger partial charge in [-0.15, -0.1) is 11.3 Å². The number of carbonyl (C=O) groups is 2. The van der Waals surface area contributed by atoms with Crippen molar-refractivity contribution in [2.75, 3.05) is 36.1 Å². The summed E-state index contributed by atoms with van der Waals surface area (Å²) in [5, 5.41) is 8.51. The lowest BCUT2D eigenvalue weighted by Gasteiger charge is -2.41. The maximum Gasteiger partial charge on any atom is 0.275 e. The molecule has 1 saturated heterocycles. The summed E-state index contributed by atoms with van der Waals surface area (Å²) in [6.45, 7) is 1.29. The van der Waals surface area contributed by atoms with Crippen LogP contribution in [0.1, 0.15) is 23.3 Å². The Morgan fingerprint density at radius 2 is 1.78 bits per heavy atom. The number of carbonyl (C=O) groups excluding carboxylic acids is 2. The van der Waals surface area contributed by atoms with Crippen molar-refractivity contribution in [2.24, 2.45) is 5.73 Å². The molecule has 0 spiro atoms. The quantitative estimate of drug-likeness (QED) is 0.428. The molecule has 0 atom stereocenters. The zero-order valence-electron chi connectivity index (χ0n) is 17.8. The second kappa shape index (κ2) is 8.97. The highest BCUT2D eigenvalue weighted by atomic mass is 32.1. The first kappa shape index (κ1) is 21.8. The third kappa shape index (κ3) is 4.17. The Balaban J connectivity index is 1.50. The van der Waals surface area contributed by atoms with Crippen LogP contribution in [0.3, 0.4) is 0 Å². The zero-order valence-corrected chi connectivity index (χ0v) is 18.6. The number of rotatable bonds is 6. The van der Waals surface area contributed by atoms with Gasteiger partial charge in [0.2, 0.25) is 5.91 Å². The lowest BCUT2D eigenvalue weighted by Crippen LogP contribution is -2.59. The van der Waals surface area contributed by atoms with Crippen molar-refractivity contribution < 1.29 is 9.59 Å². The summed E-state index contributed by atoms with van der Waals surface area (Å²) in [5.74, 6) is -0.618. The van der Waals surface area contributed by atoms with Gasteiger partial charge in [-0.3, -0.25) is 9.59 Å². The first-order valence-corrected chi connectivity index (χ1v) is 11.3. The summed E-state index contributed by atoms with van der Waals surface area (Å²) >= 11 is 1.38. The highest BCUT2D eigenvalue weighted by Gasteiger charge is 2.38. The van der Waals surface area contributed by atoms with E-state index < -0.39 is 5.54 Å². The number of anilines is 3. The SMILES string of the molecule is CNC1(C(N)=O)CCN(c2ccccc2NC(=O)c2csc(-c3ccccc3N)n2)CC1. The van der Waals surface area contributed by atoms with Gasteiger partial charge in [0.25, 0.3) is 5.91 Å². The van der Waals surface area contributed by atoms with Crippen LogP contribution in [-0.4, -0.2) is 42.5 Å². The molecule has 1 fully saturated rings. The number of aromatic nitrogens is 1. The third-order valence-electron chi connectivity index (χ3n) is 5.99. The van der Waals surface area contributed by atoms with Gasteiger partial charge in [-0.1, -0.05) is 24.3 Å². The average Bonchev–Trinajstić information content (AvgIpc) is 3.30. The molecule has 0 saturated carbocycles. The summed E-state index contributed by atoms with van der Waals surface area (Å²) in [5.41, 5.74) is 14.3. The molecule has 8 nitrogen and oxygen atoms in total. The third-order valence-corrected chi connectivity index (χ3v) is 6.86. The molecule has 3 aromatic rings. The molecule has 4 rings (SSSR count). The lowest BCUT2D eigenvalue weighted by atomic mass is 9.86. The molecule has 2 heterocycles. The molecule has 166 valence electrons. The summed E-state index contributed by atoms with van der Waals surface area (Å²) in [7, 11) is 1.76. The summed E-state index contributed by atoms with van der Waals surface area (Å²) in [4.78, 5) is 31.5. The number of nitrogens with one attached hydrogen (secondary N) is 2. The van der Waals surface area contributed by atoms with Crippen LogP contribution in [0.15, 0.2) is 53.9 Å². The van der Waals surface area contributed by atoms with Crippen molar-refractivity contribution in [2.45, 2.75) is 18.4 Å². The van der Waals surface area contributed by atoms with E-state index in [9.17, 15) is 9.59 Å². The van der Waals surface area contributed by atoms with Crippen LogP contribution in [0, 0.1) is 0 Å². The number of nitrogens with zero attached hydrogens (tertiary/aromatic N) is 2. The van der Waals surface area contributed by atoms with E-state index >= 15 is 0 Å². The molecule has 9 heteroatoms. The minimum Gasteiger partial charge on any atom is -0.398 e. The topological polar surface area (TPSA) is 126 Å². The monoisotopic (exact) mass is 450 g/mol. The zero-order chi connectivity index (χ0) is 22.7. The van der Waals surface area contributed by atoms with E-state index in [1.165, 1.54) is 11.3 Å². The smallest absolute Gasteiger partial charge is 0.275 e. The molecule has 0 radical (unpaired) electrons. The van der Waals surface area contributed by atoms with Crippen molar-refractivity contribution in [1.82, 2.24) is 10.3 Å². The molecular weight excluding hydrogens is 424 g/mol. The Morgan fingerprint density at radius 3 is 2.47 bits per heavy atom. The van der Waals surface area contributed by atoms with Gasteiger partial charge in [0.15, 0.2) is 0 Å². The molecule has 2 amide bonds. The van der Waals surface area contributed by atoms with Gasteiger partial charge in [0.1, 0.15) is 16.2 Å². The predicted octanol–water partition coefficient (Wildman–Crippen LogP) is 2.69. The number of hydrogen-bond acceptors (Lipinski definition) is 7. The van der Waals surface area contributed by atoms with Crippen molar-refractivity contribution in [1.29, 1.82) is 0 Å². The van der Waals surface area contributed by atoms with Crippen LogP contribution in [-0.2, 0) is 4.79 Å². The van der Waals surface area contributed by atoms with Crippen molar-refractivity contribution in [3.05, 3.63) is 59.6 Å². The molecular formula is C23H26N6O2S. The summed E-state index contributed by atoms with van der Waals surface area (Å²) in [6, 6.07) is 15.1. The van der Waals surface area contributed by atoms with Crippen LogP contribution in [0.2, 0.25) is 0 Å². The Kier molecular flexibility index (Phi) is 6.11. The molecule has 32 heavy (non-hydrogen) atoms. The Morgan fingerprint density at radius 1 is 1.09 bits per heavy atom. The molecule has 0 aliphatic carbocycles. The van der Waals surface area contributed by atoms with Gasteiger partial charge in [-0.25, -0.2) is 4.98 Å². The minimum atomic E-state index is -0.690. The van der Waals surface area contributed by atoms with Crippen LogP contribution < -0.4 is 27.0 Å². The number of hydrogen-bond donors (Lipinski definition) is 4. The van der Waals surface area contributed by atoms with E-state index in [0.717, 1.165) is 11.3 Å². The fourth-order valence-corrected chi connectivity index (χ4v) is 4.83. The number of thiazole rings is 1. The van der Waals surface area contributed by atoms with Crippen molar-refractivity contribution in [3.63, 3.8) is 0 Å². The molecule has 2 aromatic carbocycles. The van der Waals surface area contributed by atoms with Gasteiger partial charge in [0.05, 0.1) is 11.4 Å². The molecule has 1 aromatic heterocycles. The molecule has 1 aliphatic rings. The number of primary amides is 1. The maximum absolute atomic E-state index is 12.9. The van der Waals surface area contributed by atoms with Crippen LogP contribution >= 0.6 is 11.3 Å². The van der Waals surface area contributed by atoms with Gasteiger partial charge >= 0.3 is 0 Å². The lowest BCUT2D eigenvalue weighted by molar-refractivity contribution is -0.125. The van der Waals surface area contributed by atoms with E-state index in [2.05, 4.69) is 20.5 Å². The number of likely N-dealkylation sites (N-methyl/N-ethyl adjacent to an activating group) is 1. The normalized spacial score (nSPS) is 15.3. The van der Waals surface area contributed by atoms with Crippen LogP contribution in [0.4, 0.5) is 17.1 Å². The Hall–Kier alpha value is -3.43. The standard InChI is InChI=1S/C23H26N6O2S/c1-26-23(22(25)31)10-12-29(13-11-23)19-9-5-4-8-17(19)27-20(30)18-14-32-21(28-18)15-6-2-3-7-16(15)24/h2-9,14,26H,10-13,24H2,1H3,(H2,25,31)(H,27,30). The van der Waals surface area contributed by atoms with E-state index in [0.29, 0.717) is 48.0 Å². The largest absolute Gasteiger partial charge is 0.398 e. The summed E-state index contributed by atoms with van der Waals surface area (Å²) < 4.78 is 0. The van der Waals surface area contributed by atoms with E-state index in [4.69, 9.17) is 11.5 Å². The first-order valence-electron chi connectivity index (χ1n) is 10.4. The maximum atomic E-state index is 12.9. The fraction of sp³-hybridized carbons (Fsp3) is 0.261. The fourth-order valence-electron chi connectivity index (χ4n) is 3.98. The van der Waals surface area contributed by atoms with Gasteiger partial charge in [-0.05, 0) is 44.2 Å². The van der Waals surface area contributed by atoms with E-state index in [-0.39, 0.29) is 11.8 Å². The Bertz CT molecular complexity index is 1140. The number of nitrogens with two attached hydrogens (primary N) is 2. The molecule has 0 bridgehead atoms. The van der Waals surface area contributed by atoms with Crippen molar-refractivity contribution >= 4 is 40.2 Å². The number of amides is 2. The average molecular weight is 451 g/mol. The number of piperidine rings is 1. The number of benzene rings is 2. The highest BCUT2D eigenvalue weighted by Crippen LogP contribution is 2.32. The second-order valence-electron chi connectivity index (χ2n) is 7.78. The van der Waals surface area contributed by atoms with Gasteiger partial charge in [-0.2, -0.15) is 0 Å².